The van der Waals surface area contributed by atoms with Crippen molar-refractivity contribution in [2.45, 2.75) is 26.3 Å². The number of hydrogen-bond donors (Lipinski definition) is 3. The quantitative estimate of drug-likeness (QED) is 0.300. The predicted octanol–water partition coefficient (Wildman–Crippen LogP) is 1.87. The van der Waals surface area contributed by atoms with E-state index >= 15 is 0 Å². The average Bonchev–Trinajstić information content (AvgIpc) is 2.43. The molecule has 0 aromatic heterocycles. The number of rotatable bonds is 6. The fourth-order valence-electron chi connectivity index (χ4n) is 1.62. The number of carbonyl (C=O) groups is 1. The third kappa shape index (κ3) is 6.74. The van der Waals surface area contributed by atoms with E-state index in [2.05, 4.69) is 22.5 Å². The van der Waals surface area contributed by atoms with E-state index in [0.717, 1.165) is 30.9 Å². The fraction of sp³-hybridized carbons (Fsp3) is 0.429. The van der Waals surface area contributed by atoms with Crippen molar-refractivity contribution >= 4 is 35.8 Å². The number of amides is 1. The Bertz CT molecular complexity index is 449. The van der Waals surface area contributed by atoms with Crippen molar-refractivity contribution in [1.82, 2.24) is 10.6 Å². The molecule has 0 fully saturated rings. The van der Waals surface area contributed by atoms with E-state index in [4.69, 9.17) is 5.73 Å². The first kappa shape index (κ1) is 18.7. The molecule has 0 bridgehead atoms. The summed E-state index contributed by atoms with van der Waals surface area (Å²) in [6.07, 6.45) is 2.25. The summed E-state index contributed by atoms with van der Waals surface area (Å²) in [4.78, 5) is 15.2. The molecule has 0 unspecified atom stereocenters. The molecule has 1 rings (SSSR count). The minimum absolute atomic E-state index is 0. The normalized spacial score (nSPS) is 10.6. The molecule has 4 N–H and O–H groups in total. The molecule has 0 radical (unpaired) electrons. The molecule has 5 nitrogen and oxygen atoms in total. The van der Waals surface area contributed by atoms with Crippen LogP contribution in [0.2, 0.25) is 0 Å². The summed E-state index contributed by atoms with van der Waals surface area (Å²) in [6, 6.07) is 7.26. The maximum absolute atomic E-state index is 11.1. The van der Waals surface area contributed by atoms with Gasteiger partial charge in [-0.2, -0.15) is 0 Å². The van der Waals surface area contributed by atoms with E-state index in [1.807, 2.05) is 12.1 Å². The molecular formula is C14H23IN4O. The summed E-state index contributed by atoms with van der Waals surface area (Å²) < 4.78 is 0. The summed E-state index contributed by atoms with van der Waals surface area (Å²) in [5.41, 5.74) is 6.77. The Morgan fingerprint density at radius 1 is 1.35 bits per heavy atom. The Balaban J connectivity index is 0.00000361. The second-order valence-corrected chi connectivity index (χ2v) is 4.27. The largest absolute Gasteiger partial charge is 0.366 e. The number of nitrogens with two attached hydrogens (primary N) is 1. The monoisotopic (exact) mass is 390 g/mol. The Hall–Kier alpha value is -1.31. The van der Waals surface area contributed by atoms with Crippen LogP contribution in [0.15, 0.2) is 29.3 Å². The zero-order valence-corrected chi connectivity index (χ0v) is 14.3. The number of carbonyl (C=O) groups excluding carboxylic acids is 1. The van der Waals surface area contributed by atoms with Crippen molar-refractivity contribution in [3.05, 3.63) is 35.4 Å². The van der Waals surface area contributed by atoms with Crippen LogP contribution >= 0.6 is 24.0 Å². The van der Waals surface area contributed by atoms with Gasteiger partial charge in [-0.25, -0.2) is 0 Å². The number of guanidine groups is 1. The molecule has 1 aromatic carbocycles. The van der Waals surface area contributed by atoms with Crippen LogP contribution in [-0.4, -0.2) is 25.5 Å². The standard InChI is InChI=1S/C14H22N4O.HI/c1-3-4-8-17-14(16-2)18-10-11-6-5-7-12(9-11)13(15)19;/h5-7,9H,3-4,8,10H2,1-2H3,(H2,15,19)(H2,16,17,18);1H. The van der Waals surface area contributed by atoms with Crippen LogP contribution in [0.1, 0.15) is 35.7 Å². The molecule has 0 aliphatic carbocycles. The molecule has 6 heteroatoms. The number of unbranched alkanes of at least 4 members (excludes halogenated alkanes) is 1. The first-order valence-electron chi connectivity index (χ1n) is 6.50. The Morgan fingerprint density at radius 3 is 2.70 bits per heavy atom. The maximum atomic E-state index is 11.1. The summed E-state index contributed by atoms with van der Waals surface area (Å²) in [7, 11) is 1.74. The maximum Gasteiger partial charge on any atom is 0.248 e. The van der Waals surface area contributed by atoms with Gasteiger partial charge < -0.3 is 16.4 Å². The van der Waals surface area contributed by atoms with Gasteiger partial charge in [-0.05, 0) is 24.1 Å². The first-order valence-corrected chi connectivity index (χ1v) is 6.50. The van der Waals surface area contributed by atoms with E-state index in [9.17, 15) is 4.79 Å². The highest BCUT2D eigenvalue weighted by molar-refractivity contribution is 14.0. The van der Waals surface area contributed by atoms with Crippen LogP contribution in [-0.2, 0) is 6.54 Å². The molecule has 112 valence electrons. The highest BCUT2D eigenvalue weighted by Crippen LogP contribution is 2.04. The Morgan fingerprint density at radius 2 is 2.10 bits per heavy atom. The van der Waals surface area contributed by atoms with E-state index in [1.54, 1.807) is 19.2 Å². The van der Waals surface area contributed by atoms with Crippen LogP contribution in [0.4, 0.5) is 0 Å². The van der Waals surface area contributed by atoms with Crippen LogP contribution < -0.4 is 16.4 Å². The third-order valence-corrected chi connectivity index (χ3v) is 2.72. The number of aliphatic imine (C=N–C) groups is 1. The van der Waals surface area contributed by atoms with Crippen molar-refractivity contribution in [2.24, 2.45) is 10.7 Å². The lowest BCUT2D eigenvalue weighted by molar-refractivity contribution is 0.1000. The lowest BCUT2D eigenvalue weighted by Gasteiger charge is -2.11. The van der Waals surface area contributed by atoms with Gasteiger partial charge in [0.05, 0.1) is 0 Å². The number of primary amides is 1. The number of hydrogen-bond acceptors (Lipinski definition) is 2. The number of halogens is 1. The van der Waals surface area contributed by atoms with Gasteiger partial charge in [-0.1, -0.05) is 25.5 Å². The predicted molar refractivity (Wildman–Crippen MR) is 93.5 cm³/mol. The fourth-order valence-corrected chi connectivity index (χ4v) is 1.62. The van der Waals surface area contributed by atoms with E-state index < -0.39 is 5.91 Å². The lowest BCUT2D eigenvalue weighted by atomic mass is 10.1. The Labute approximate surface area is 137 Å². The molecule has 0 aliphatic heterocycles. The molecule has 0 atom stereocenters. The first-order chi connectivity index (χ1) is 9.17. The van der Waals surface area contributed by atoms with E-state index in [-0.39, 0.29) is 24.0 Å². The molecule has 1 amide bonds. The van der Waals surface area contributed by atoms with Crippen LogP contribution in [0.3, 0.4) is 0 Å². The van der Waals surface area contributed by atoms with E-state index in [1.165, 1.54) is 0 Å². The van der Waals surface area contributed by atoms with Crippen molar-refractivity contribution in [3.63, 3.8) is 0 Å². The van der Waals surface area contributed by atoms with Crippen molar-refractivity contribution in [1.29, 1.82) is 0 Å². The van der Waals surface area contributed by atoms with Crippen LogP contribution in [0.25, 0.3) is 0 Å². The second kappa shape index (κ2) is 10.5. The van der Waals surface area contributed by atoms with Crippen molar-refractivity contribution in [2.75, 3.05) is 13.6 Å². The minimum atomic E-state index is -0.410. The summed E-state index contributed by atoms with van der Waals surface area (Å²) in [5.74, 6) is 0.352. The number of benzene rings is 1. The van der Waals surface area contributed by atoms with Gasteiger partial charge in [-0.15, -0.1) is 24.0 Å². The molecule has 20 heavy (non-hydrogen) atoms. The Kier molecular flexibility index (Phi) is 9.79. The van der Waals surface area contributed by atoms with Gasteiger partial charge in [0.25, 0.3) is 0 Å². The molecule has 0 aliphatic rings. The van der Waals surface area contributed by atoms with Gasteiger partial charge in [-0.3, -0.25) is 9.79 Å². The van der Waals surface area contributed by atoms with E-state index in [0.29, 0.717) is 12.1 Å². The molecule has 0 spiro atoms. The summed E-state index contributed by atoms with van der Waals surface area (Å²) in [6.45, 7) is 3.65. The summed E-state index contributed by atoms with van der Waals surface area (Å²) in [5, 5.41) is 6.42. The lowest BCUT2D eigenvalue weighted by Crippen LogP contribution is -2.37. The molecule has 0 heterocycles. The topological polar surface area (TPSA) is 79.5 Å². The molecule has 0 saturated carbocycles. The summed E-state index contributed by atoms with van der Waals surface area (Å²) >= 11 is 0. The van der Waals surface area contributed by atoms with Gasteiger partial charge in [0.2, 0.25) is 5.91 Å². The second-order valence-electron chi connectivity index (χ2n) is 4.27. The average molecular weight is 390 g/mol. The number of nitrogens with one attached hydrogen (secondary N) is 2. The third-order valence-electron chi connectivity index (χ3n) is 2.72. The molecular weight excluding hydrogens is 367 g/mol. The van der Waals surface area contributed by atoms with Gasteiger partial charge >= 0.3 is 0 Å². The van der Waals surface area contributed by atoms with Crippen molar-refractivity contribution in [3.8, 4) is 0 Å². The smallest absolute Gasteiger partial charge is 0.248 e. The van der Waals surface area contributed by atoms with Crippen molar-refractivity contribution < 1.29 is 4.79 Å². The number of nitrogens with zero attached hydrogens (tertiary/aromatic N) is 1. The van der Waals surface area contributed by atoms with Crippen LogP contribution in [0, 0.1) is 0 Å². The zero-order valence-electron chi connectivity index (χ0n) is 12.0. The van der Waals surface area contributed by atoms with Crippen LogP contribution in [0.5, 0.6) is 0 Å². The van der Waals surface area contributed by atoms with Gasteiger partial charge in [0.1, 0.15) is 0 Å². The molecule has 1 aromatic rings. The SMILES string of the molecule is CCCCNC(=NC)NCc1cccc(C(N)=O)c1.I. The molecule has 0 saturated heterocycles. The van der Waals surface area contributed by atoms with Gasteiger partial charge in [0, 0.05) is 25.7 Å². The zero-order chi connectivity index (χ0) is 14.1. The highest BCUT2D eigenvalue weighted by atomic mass is 127. The highest BCUT2D eigenvalue weighted by Gasteiger charge is 2.02. The minimum Gasteiger partial charge on any atom is -0.366 e. The van der Waals surface area contributed by atoms with Gasteiger partial charge in [0.15, 0.2) is 5.96 Å².